The number of ether oxygens (including phenoxy) is 1. The van der Waals surface area contributed by atoms with E-state index in [4.69, 9.17) is 4.74 Å². The van der Waals surface area contributed by atoms with Crippen LogP contribution in [0.5, 0.6) is 0 Å². The monoisotopic (exact) mass is 343 g/mol. The van der Waals surface area contributed by atoms with Gasteiger partial charge in [0.05, 0.1) is 0 Å². The number of anilines is 1. The van der Waals surface area contributed by atoms with Crippen molar-refractivity contribution >= 4 is 44.1 Å². The number of carbonyl (C=O) groups is 1. The van der Waals surface area contributed by atoms with Crippen molar-refractivity contribution in [3.63, 3.8) is 0 Å². The molecule has 0 aliphatic carbocycles. The molecule has 0 unspecified atom stereocenters. The van der Waals surface area contributed by atoms with Crippen molar-refractivity contribution < 1.29 is 9.53 Å². The molecule has 0 radical (unpaired) electrons. The zero-order chi connectivity index (χ0) is 18.3. The first-order valence-electron chi connectivity index (χ1n) is 8.76. The van der Waals surface area contributed by atoms with Gasteiger partial charge in [-0.15, -0.1) is 0 Å². The summed E-state index contributed by atoms with van der Waals surface area (Å²) < 4.78 is 5.36. The Bertz CT molecular complexity index is 1100. The lowest BCUT2D eigenvalue weighted by Gasteiger charge is -2.20. The molecular formula is C23H21NO2. The molecule has 0 saturated carbocycles. The van der Waals surface area contributed by atoms with Gasteiger partial charge in [-0.05, 0) is 65.2 Å². The van der Waals surface area contributed by atoms with Gasteiger partial charge < -0.3 is 4.74 Å². The summed E-state index contributed by atoms with van der Waals surface area (Å²) in [6.45, 7) is 5.56. The molecule has 0 fully saturated rings. The summed E-state index contributed by atoms with van der Waals surface area (Å²) in [6.07, 6.45) is -0.443. The Morgan fingerprint density at radius 3 is 1.69 bits per heavy atom. The molecule has 0 aliphatic rings. The lowest BCUT2D eigenvalue weighted by molar-refractivity contribution is 0.0636. The van der Waals surface area contributed by atoms with Crippen LogP contribution in [0.15, 0.2) is 66.7 Å². The van der Waals surface area contributed by atoms with Crippen LogP contribution in [0.2, 0.25) is 0 Å². The van der Waals surface area contributed by atoms with Crippen molar-refractivity contribution in [3.05, 3.63) is 66.7 Å². The van der Waals surface area contributed by atoms with E-state index >= 15 is 0 Å². The number of rotatable bonds is 1. The Morgan fingerprint density at radius 2 is 1.19 bits per heavy atom. The summed E-state index contributed by atoms with van der Waals surface area (Å²) in [5.74, 6) is 0. The van der Waals surface area contributed by atoms with E-state index in [1.807, 2.05) is 39.0 Å². The second-order valence-corrected chi connectivity index (χ2v) is 7.48. The standard InChI is InChI=1S/C23H21NO2/c1-23(2,3)26-22(25)24-15-12-13-20-18-10-5-4-8-16(18)17-9-6-7-11-19(17)21(20)14-15/h4-14H,1-3H3,(H,24,25). The summed E-state index contributed by atoms with van der Waals surface area (Å²) in [5, 5.41) is 9.98. The van der Waals surface area contributed by atoms with E-state index in [0.717, 1.165) is 11.1 Å². The van der Waals surface area contributed by atoms with Gasteiger partial charge in [0.1, 0.15) is 5.60 Å². The predicted octanol–water partition coefficient (Wildman–Crippen LogP) is 6.49. The molecule has 0 heterocycles. The second-order valence-electron chi connectivity index (χ2n) is 7.48. The molecule has 130 valence electrons. The highest BCUT2D eigenvalue weighted by Crippen LogP contribution is 2.36. The fourth-order valence-electron chi connectivity index (χ4n) is 3.41. The number of carbonyl (C=O) groups excluding carboxylic acids is 1. The lowest BCUT2D eigenvalue weighted by atomic mass is 9.94. The summed E-state index contributed by atoms with van der Waals surface area (Å²) >= 11 is 0. The number of hydrogen-bond donors (Lipinski definition) is 1. The third-order valence-corrected chi connectivity index (χ3v) is 4.39. The maximum atomic E-state index is 12.1. The highest BCUT2D eigenvalue weighted by molar-refractivity contribution is 6.25. The Kier molecular flexibility index (Phi) is 3.80. The molecule has 26 heavy (non-hydrogen) atoms. The highest BCUT2D eigenvalue weighted by Gasteiger charge is 2.16. The number of hydrogen-bond acceptors (Lipinski definition) is 2. The number of benzene rings is 4. The van der Waals surface area contributed by atoms with Crippen molar-refractivity contribution in [2.45, 2.75) is 26.4 Å². The third kappa shape index (κ3) is 2.97. The quantitative estimate of drug-likeness (QED) is 0.401. The minimum Gasteiger partial charge on any atom is -0.444 e. The van der Waals surface area contributed by atoms with E-state index in [1.165, 1.54) is 26.9 Å². The average molecular weight is 343 g/mol. The second kappa shape index (κ2) is 6.03. The molecule has 4 aromatic rings. The Hall–Kier alpha value is -3.07. The van der Waals surface area contributed by atoms with E-state index in [2.05, 4.69) is 53.8 Å². The SMILES string of the molecule is CC(C)(C)OC(=O)Nc1ccc2c3ccccc3c3ccccc3c2c1. The fraction of sp³-hybridized carbons (Fsp3) is 0.174. The Morgan fingerprint density at radius 1 is 0.731 bits per heavy atom. The van der Waals surface area contributed by atoms with Gasteiger partial charge in [0.2, 0.25) is 0 Å². The molecule has 1 N–H and O–H groups in total. The van der Waals surface area contributed by atoms with Crippen molar-refractivity contribution in [1.82, 2.24) is 0 Å². The minimum atomic E-state index is -0.524. The third-order valence-electron chi connectivity index (χ3n) is 4.39. The first-order chi connectivity index (χ1) is 12.4. The van der Waals surface area contributed by atoms with Gasteiger partial charge in [-0.2, -0.15) is 0 Å². The first-order valence-corrected chi connectivity index (χ1v) is 8.76. The number of amides is 1. The molecule has 1 amide bonds. The maximum Gasteiger partial charge on any atom is 0.412 e. The minimum absolute atomic E-state index is 0.443. The molecule has 0 saturated heterocycles. The topological polar surface area (TPSA) is 38.3 Å². The van der Waals surface area contributed by atoms with Crippen LogP contribution in [0.1, 0.15) is 20.8 Å². The van der Waals surface area contributed by atoms with Crippen molar-refractivity contribution in [2.24, 2.45) is 0 Å². The van der Waals surface area contributed by atoms with Gasteiger partial charge in [0, 0.05) is 5.69 Å². The van der Waals surface area contributed by atoms with Crippen LogP contribution < -0.4 is 5.32 Å². The largest absolute Gasteiger partial charge is 0.444 e. The molecule has 0 bridgehead atoms. The van der Waals surface area contributed by atoms with Crippen LogP contribution in [0.25, 0.3) is 32.3 Å². The number of nitrogens with one attached hydrogen (secondary N) is 1. The molecule has 0 aromatic heterocycles. The summed E-state index contributed by atoms with van der Waals surface area (Å²) in [6, 6.07) is 22.8. The zero-order valence-corrected chi connectivity index (χ0v) is 15.2. The van der Waals surface area contributed by atoms with Crippen LogP contribution in [-0.2, 0) is 4.74 Å². The van der Waals surface area contributed by atoms with Gasteiger partial charge in [0.25, 0.3) is 0 Å². The fourth-order valence-corrected chi connectivity index (χ4v) is 3.41. The lowest BCUT2D eigenvalue weighted by Crippen LogP contribution is -2.27. The van der Waals surface area contributed by atoms with Gasteiger partial charge in [-0.3, -0.25) is 5.32 Å². The van der Waals surface area contributed by atoms with Gasteiger partial charge in [-0.25, -0.2) is 4.79 Å². The molecule has 0 aliphatic heterocycles. The molecule has 4 aromatic carbocycles. The molecule has 3 heteroatoms. The van der Waals surface area contributed by atoms with Crippen LogP contribution in [-0.4, -0.2) is 11.7 Å². The van der Waals surface area contributed by atoms with Gasteiger partial charge in [-0.1, -0.05) is 54.6 Å². The maximum absolute atomic E-state index is 12.1. The number of fused-ring (bicyclic) bond motifs is 6. The van der Waals surface area contributed by atoms with Crippen LogP contribution in [0, 0.1) is 0 Å². The highest BCUT2D eigenvalue weighted by atomic mass is 16.6. The molecule has 0 atom stereocenters. The van der Waals surface area contributed by atoms with E-state index in [9.17, 15) is 4.79 Å². The van der Waals surface area contributed by atoms with Crippen molar-refractivity contribution in [3.8, 4) is 0 Å². The van der Waals surface area contributed by atoms with Crippen molar-refractivity contribution in [2.75, 3.05) is 5.32 Å². The van der Waals surface area contributed by atoms with Crippen LogP contribution in [0.4, 0.5) is 10.5 Å². The summed E-state index contributed by atoms with van der Waals surface area (Å²) in [7, 11) is 0. The smallest absolute Gasteiger partial charge is 0.412 e. The Labute approximate surface area is 152 Å². The predicted molar refractivity (Wildman–Crippen MR) is 109 cm³/mol. The van der Waals surface area contributed by atoms with E-state index in [-0.39, 0.29) is 0 Å². The van der Waals surface area contributed by atoms with E-state index in [0.29, 0.717) is 0 Å². The van der Waals surface area contributed by atoms with Crippen LogP contribution in [0.3, 0.4) is 0 Å². The first kappa shape index (κ1) is 16.4. The Balaban J connectivity index is 1.89. The van der Waals surface area contributed by atoms with Crippen LogP contribution >= 0.6 is 0 Å². The molecule has 4 rings (SSSR count). The average Bonchev–Trinajstić information content (AvgIpc) is 2.60. The van der Waals surface area contributed by atoms with E-state index < -0.39 is 11.7 Å². The molecular weight excluding hydrogens is 322 g/mol. The van der Waals surface area contributed by atoms with Crippen molar-refractivity contribution in [1.29, 1.82) is 0 Å². The molecule has 3 nitrogen and oxygen atoms in total. The zero-order valence-electron chi connectivity index (χ0n) is 15.2. The summed E-state index contributed by atoms with van der Waals surface area (Å²) in [4.78, 5) is 12.1. The van der Waals surface area contributed by atoms with Gasteiger partial charge >= 0.3 is 6.09 Å². The summed E-state index contributed by atoms with van der Waals surface area (Å²) in [5.41, 5.74) is 0.205. The van der Waals surface area contributed by atoms with E-state index in [1.54, 1.807) is 0 Å². The normalized spacial score (nSPS) is 11.8. The molecule has 0 spiro atoms. The van der Waals surface area contributed by atoms with Gasteiger partial charge in [0.15, 0.2) is 0 Å².